The number of hydrogen-bond donors (Lipinski definition) is 2. The van der Waals surface area contributed by atoms with Crippen molar-refractivity contribution in [2.24, 2.45) is 5.92 Å². The van der Waals surface area contributed by atoms with E-state index >= 15 is 0 Å². The average molecular weight is 254 g/mol. The van der Waals surface area contributed by atoms with Crippen molar-refractivity contribution < 1.29 is 9.84 Å². The molecule has 0 spiro atoms. The minimum absolute atomic E-state index is 0.0702. The van der Waals surface area contributed by atoms with Gasteiger partial charge >= 0.3 is 5.69 Å². The summed E-state index contributed by atoms with van der Waals surface area (Å²) in [6, 6.07) is 1.29. The summed E-state index contributed by atoms with van der Waals surface area (Å²) in [5.41, 5.74) is -1.50. The Morgan fingerprint density at radius 2 is 2.33 bits per heavy atom. The lowest BCUT2D eigenvalue weighted by atomic mass is 9.87. The van der Waals surface area contributed by atoms with Crippen molar-refractivity contribution in [3.8, 4) is 0 Å². The zero-order valence-electron chi connectivity index (χ0n) is 10.5. The predicted octanol–water partition coefficient (Wildman–Crippen LogP) is 0.233. The molecule has 1 aromatic rings. The highest BCUT2D eigenvalue weighted by molar-refractivity contribution is 4.94. The zero-order valence-corrected chi connectivity index (χ0v) is 10.5. The van der Waals surface area contributed by atoms with Gasteiger partial charge in [0.2, 0.25) is 0 Å². The molecule has 1 aromatic heterocycles. The standard InChI is InChI=1S/C12H18N2O4/c1-3-12(7-15)8(2)6-10(18-12)14-5-4-9(16)13-11(14)17/h4-5,8,10,15H,3,6-7H2,1-2H3,(H,13,16,17)/t8-,10+,12+/m0/s1. The Balaban J connectivity index is 2.32. The molecule has 3 atom stereocenters. The molecule has 1 aliphatic rings. The maximum atomic E-state index is 11.7. The van der Waals surface area contributed by atoms with Crippen LogP contribution in [0.2, 0.25) is 0 Å². The maximum absolute atomic E-state index is 11.7. The van der Waals surface area contributed by atoms with Crippen molar-refractivity contribution in [2.75, 3.05) is 6.61 Å². The molecule has 2 N–H and O–H groups in total. The molecule has 0 aromatic carbocycles. The van der Waals surface area contributed by atoms with Gasteiger partial charge in [0.05, 0.1) is 12.2 Å². The highest BCUT2D eigenvalue weighted by atomic mass is 16.5. The predicted molar refractivity (Wildman–Crippen MR) is 65.3 cm³/mol. The fourth-order valence-corrected chi connectivity index (χ4v) is 2.51. The van der Waals surface area contributed by atoms with E-state index in [1.807, 2.05) is 13.8 Å². The highest BCUT2D eigenvalue weighted by Gasteiger charge is 2.45. The number of rotatable bonds is 3. The number of H-pyrrole nitrogens is 1. The lowest BCUT2D eigenvalue weighted by Gasteiger charge is -2.29. The molecular weight excluding hydrogens is 236 g/mol. The molecular formula is C12H18N2O4. The number of nitrogens with zero attached hydrogens (tertiary/aromatic N) is 1. The number of aliphatic hydroxyl groups excluding tert-OH is 1. The third-order valence-electron chi connectivity index (χ3n) is 3.85. The summed E-state index contributed by atoms with van der Waals surface area (Å²) in [7, 11) is 0. The van der Waals surface area contributed by atoms with Gasteiger partial charge in [-0.2, -0.15) is 0 Å². The van der Waals surface area contributed by atoms with Gasteiger partial charge in [-0.3, -0.25) is 14.3 Å². The van der Waals surface area contributed by atoms with Crippen LogP contribution >= 0.6 is 0 Å². The summed E-state index contributed by atoms with van der Waals surface area (Å²) >= 11 is 0. The summed E-state index contributed by atoms with van der Waals surface area (Å²) in [5.74, 6) is 0.149. The Morgan fingerprint density at radius 1 is 1.61 bits per heavy atom. The molecule has 1 saturated heterocycles. The van der Waals surface area contributed by atoms with Crippen molar-refractivity contribution >= 4 is 0 Å². The van der Waals surface area contributed by atoms with E-state index in [4.69, 9.17) is 4.74 Å². The van der Waals surface area contributed by atoms with Crippen molar-refractivity contribution in [3.63, 3.8) is 0 Å². The average Bonchev–Trinajstić information content (AvgIpc) is 2.67. The summed E-state index contributed by atoms with van der Waals surface area (Å²) in [6.45, 7) is 3.88. The van der Waals surface area contributed by atoms with Crippen molar-refractivity contribution in [3.05, 3.63) is 33.1 Å². The van der Waals surface area contributed by atoms with Gasteiger partial charge in [-0.25, -0.2) is 4.79 Å². The first-order valence-electron chi connectivity index (χ1n) is 6.12. The molecule has 1 aliphatic heterocycles. The first-order chi connectivity index (χ1) is 8.52. The molecule has 0 bridgehead atoms. The Hall–Kier alpha value is -1.40. The lowest BCUT2D eigenvalue weighted by molar-refractivity contribution is -0.113. The van der Waals surface area contributed by atoms with Gasteiger partial charge in [-0.1, -0.05) is 13.8 Å². The Labute approximate surface area is 104 Å². The second-order valence-electron chi connectivity index (χ2n) is 4.80. The zero-order chi connectivity index (χ0) is 13.3. The van der Waals surface area contributed by atoms with Gasteiger partial charge in [-0.15, -0.1) is 0 Å². The van der Waals surface area contributed by atoms with Crippen molar-refractivity contribution in [1.29, 1.82) is 0 Å². The number of hydrogen-bond acceptors (Lipinski definition) is 4. The van der Waals surface area contributed by atoms with E-state index in [0.29, 0.717) is 12.8 Å². The first-order valence-corrected chi connectivity index (χ1v) is 6.12. The third kappa shape index (κ3) is 2.02. The van der Waals surface area contributed by atoms with Gasteiger partial charge in [0.1, 0.15) is 6.23 Å². The van der Waals surface area contributed by atoms with Crippen LogP contribution in [-0.4, -0.2) is 26.9 Å². The number of ether oxygens (including phenoxy) is 1. The van der Waals surface area contributed by atoms with Gasteiger partial charge in [0, 0.05) is 12.3 Å². The molecule has 0 aliphatic carbocycles. The first kappa shape index (κ1) is 13.0. The van der Waals surface area contributed by atoms with Crippen LogP contribution in [0.5, 0.6) is 0 Å². The van der Waals surface area contributed by atoms with Crippen molar-refractivity contribution in [1.82, 2.24) is 9.55 Å². The molecule has 0 unspecified atom stereocenters. The van der Waals surface area contributed by atoms with Gasteiger partial charge in [-0.05, 0) is 18.8 Å². The van der Waals surface area contributed by atoms with Gasteiger partial charge < -0.3 is 9.84 Å². The minimum atomic E-state index is -0.597. The van der Waals surface area contributed by atoms with E-state index in [1.54, 1.807) is 0 Å². The fourth-order valence-electron chi connectivity index (χ4n) is 2.51. The molecule has 2 rings (SSSR count). The van der Waals surface area contributed by atoms with E-state index < -0.39 is 23.1 Å². The molecule has 0 saturated carbocycles. The second kappa shape index (κ2) is 4.70. The number of aromatic nitrogens is 2. The quantitative estimate of drug-likeness (QED) is 0.809. The molecule has 100 valence electrons. The number of nitrogens with one attached hydrogen (secondary N) is 1. The Bertz CT molecular complexity index is 529. The summed E-state index contributed by atoms with van der Waals surface area (Å²) < 4.78 is 7.22. The van der Waals surface area contributed by atoms with E-state index in [1.165, 1.54) is 16.8 Å². The van der Waals surface area contributed by atoms with Crippen LogP contribution in [0.1, 0.15) is 32.9 Å². The number of aromatic amines is 1. The van der Waals surface area contributed by atoms with E-state index in [9.17, 15) is 14.7 Å². The molecule has 6 heteroatoms. The van der Waals surface area contributed by atoms with Crippen LogP contribution in [0.4, 0.5) is 0 Å². The topological polar surface area (TPSA) is 84.3 Å². The molecule has 0 amide bonds. The van der Waals surface area contributed by atoms with Crippen LogP contribution in [0.25, 0.3) is 0 Å². The Kier molecular flexibility index (Phi) is 3.41. The van der Waals surface area contributed by atoms with Crippen molar-refractivity contribution in [2.45, 2.75) is 38.5 Å². The lowest BCUT2D eigenvalue weighted by Crippen LogP contribution is -2.38. The molecule has 2 heterocycles. The van der Waals surface area contributed by atoms with Crippen LogP contribution < -0.4 is 11.2 Å². The molecule has 6 nitrogen and oxygen atoms in total. The van der Waals surface area contributed by atoms with Crippen LogP contribution in [0.3, 0.4) is 0 Å². The third-order valence-corrected chi connectivity index (χ3v) is 3.85. The summed E-state index contributed by atoms with van der Waals surface area (Å²) in [6.07, 6.45) is 2.32. The largest absolute Gasteiger partial charge is 0.393 e. The monoisotopic (exact) mass is 254 g/mol. The smallest absolute Gasteiger partial charge is 0.330 e. The van der Waals surface area contributed by atoms with Gasteiger partial charge in [0.25, 0.3) is 5.56 Å². The summed E-state index contributed by atoms with van der Waals surface area (Å²) in [4.78, 5) is 24.9. The maximum Gasteiger partial charge on any atom is 0.330 e. The van der Waals surface area contributed by atoms with Crippen LogP contribution in [0.15, 0.2) is 21.9 Å². The van der Waals surface area contributed by atoms with Gasteiger partial charge in [0.15, 0.2) is 0 Å². The SMILES string of the molecule is CC[C@]1(CO)O[C@@H](n2ccc(=O)[nH]c2=O)C[C@@H]1C. The number of aliphatic hydroxyl groups is 1. The van der Waals surface area contributed by atoms with Crippen LogP contribution in [-0.2, 0) is 4.74 Å². The minimum Gasteiger partial charge on any atom is -0.393 e. The highest BCUT2D eigenvalue weighted by Crippen LogP contribution is 2.42. The molecule has 0 radical (unpaired) electrons. The Morgan fingerprint density at radius 3 is 2.83 bits per heavy atom. The second-order valence-corrected chi connectivity index (χ2v) is 4.80. The molecule has 1 fully saturated rings. The van der Waals surface area contributed by atoms with Crippen LogP contribution in [0, 0.1) is 5.92 Å². The van der Waals surface area contributed by atoms with E-state index in [-0.39, 0.29) is 12.5 Å². The fraction of sp³-hybridized carbons (Fsp3) is 0.667. The molecule has 18 heavy (non-hydrogen) atoms. The van der Waals surface area contributed by atoms with E-state index in [0.717, 1.165) is 0 Å². The normalized spacial score (nSPS) is 31.7. The summed E-state index contributed by atoms with van der Waals surface area (Å²) in [5, 5.41) is 9.49. The van der Waals surface area contributed by atoms with E-state index in [2.05, 4.69) is 4.98 Å².